The lowest BCUT2D eigenvalue weighted by Gasteiger charge is -2.20. The smallest absolute Gasteiger partial charge is 0.331 e. The largest absolute Gasteiger partial charge is 0.463 e. The molecular weight excluding hydrogens is 438 g/mol. The first-order valence-corrected chi connectivity index (χ1v) is 11.5. The maximum absolute atomic E-state index is 12.7. The highest BCUT2D eigenvalue weighted by atomic mass is 16.6. The lowest BCUT2D eigenvalue weighted by molar-refractivity contribution is -0.150. The van der Waals surface area contributed by atoms with Crippen LogP contribution in [0.15, 0.2) is 54.6 Å². The molecule has 0 bridgehead atoms. The van der Waals surface area contributed by atoms with Crippen molar-refractivity contribution in [2.45, 2.75) is 45.4 Å². The van der Waals surface area contributed by atoms with E-state index in [1.165, 1.54) is 0 Å². The molecule has 1 aliphatic heterocycles. The van der Waals surface area contributed by atoms with E-state index in [1.807, 2.05) is 50.3 Å². The summed E-state index contributed by atoms with van der Waals surface area (Å²) in [5, 5.41) is 2.71. The fourth-order valence-corrected chi connectivity index (χ4v) is 3.24. The van der Waals surface area contributed by atoms with Gasteiger partial charge in [0.15, 0.2) is 6.04 Å². The van der Waals surface area contributed by atoms with Gasteiger partial charge < -0.3 is 24.3 Å². The maximum atomic E-state index is 12.7. The highest BCUT2D eigenvalue weighted by molar-refractivity contribution is 5.85. The summed E-state index contributed by atoms with van der Waals surface area (Å²) in [6.07, 6.45) is 6.86. The van der Waals surface area contributed by atoms with Gasteiger partial charge in [-0.2, -0.15) is 0 Å². The first-order valence-electron chi connectivity index (χ1n) is 11.5. The Hall–Kier alpha value is -2.97. The zero-order valence-corrected chi connectivity index (χ0v) is 20.1. The third-order valence-corrected chi connectivity index (χ3v) is 5.29. The van der Waals surface area contributed by atoms with Gasteiger partial charge in [0.05, 0.1) is 32.3 Å². The van der Waals surface area contributed by atoms with E-state index in [1.54, 1.807) is 25.3 Å². The molecule has 1 heterocycles. The Morgan fingerprint density at radius 1 is 0.971 bits per heavy atom. The molecule has 1 amide bonds. The van der Waals surface area contributed by atoms with Crippen molar-refractivity contribution in [2.75, 3.05) is 26.9 Å². The number of nitrogens with one attached hydrogen (secondary N) is 1. The fraction of sp³-hybridized carbons (Fsp3) is 0.500. The van der Waals surface area contributed by atoms with Crippen molar-refractivity contribution in [3.63, 3.8) is 0 Å². The number of rotatable bonds is 5. The van der Waals surface area contributed by atoms with Gasteiger partial charge in [0.1, 0.15) is 6.61 Å². The summed E-state index contributed by atoms with van der Waals surface area (Å²) in [6, 6.07) is 8.63. The zero-order chi connectivity index (χ0) is 24.8. The monoisotopic (exact) mass is 473 g/mol. The van der Waals surface area contributed by atoms with E-state index in [-0.39, 0.29) is 62.5 Å². The van der Waals surface area contributed by atoms with Crippen LogP contribution >= 0.6 is 0 Å². The minimum Gasteiger partial charge on any atom is -0.463 e. The highest BCUT2D eigenvalue weighted by Crippen LogP contribution is 2.11. The fourth-order valence-electron chi connectivity index (χ4n) is 3.24. The predicted octanol–water partition coefficient (Wildman–Crippen LogP) is 2.97. The molecule has 8 heteroatoms. The minimum atomic E-state index is -0.932. The number of esters is 2. The molecule has 0 fully saturated rings. The Morgan fingerprint density at radius 3 is 2.44 bits per heavy atom. The first kappa shape index (κ1) is 27.3. The summed E-state index contributed by atoms with van der Waals surface area (Å²) in [4.78, 5) is 37.2. The Balaban J connectivity index is 2.06. The van der Waals surface area contributed by atoms with E-state index >= 15 is 0 Å². The zero-order valence-electron chi connectivity index (χ0n) is 20.1. The van der Waals surface area contributed by atoms with E-state index < -0.39 is 12.0 Å². The van der Waals surface area contributed by atoms with Crippen LogP contribution in [0.5, 0.6) is 0 Å². The predicted molar refractivity (Wildman–Crippen MR) is 127 cm³/mol. The lowest BCUT2D eigenvalue weighted by atomic mass is 10.0. The molecule has 1 aromatic carbocycles. The van der Waals surface area contributed by atoms with Gasteiger partial charge in [-0.3, -0.25) is 9.59 Å². The molecule has 2 rings (SSSR count). The van der Waals surface area contributed by atoms with Gasteiger partial charge in [0, 0.05) is 25.4 Å². The van der Waals surface area contributed by atoms with Gasteiger partial charge in [0.25, 0.3) is 0 Å². The van der Waals surface area contributed by atoms with E-state index in [0.717, 1.165) is 5.56 Å². The van der Waals surface area contributed by atoms with Crippen LogP contribution in [-0.2, 0) is 39.9 Å². The Morgan fingerprint density at radius 2 is 1.71 bits per heavy atom. The topological polar surface area (TPSA) is 100 Å². The van der Waals surface area contributed by atoms with Crippen LogP contribution < -0.4 is 5.32 Å². The number of amides is 1. The molecule has 0 spiro atoms. The molecule has 1 aliphatic rings. The van der Waals surface area contributed by atoms with E-state index in [9.17, 15) is 14.4 Å². The summed E-state index contributed by atoms with van der Waals surface area (Å²) in [5.41, 5.74) is 0.962. The Bertz CT molecular complexity index is 837. The number of carbonyl (C=O) groups is 3. The standard InChI is InChI=1S/C26H35NO7/c1-19-9-7-14-25(29)33-18-23(31-3)20(2)10-8-13-24(28)27-22(26(30)34-15-19)17-32-16-21-11-5-4-6-12-21/h4-12,19-20,22-23H,13-18H2,1-3H3,(H,27,28)/b9-7+,10-8+/t19-,20-,22+,23-/m1/s1. The SMILES string of the molecule is CO[C@@H]1COC(=O)C/C=C/[C@@H](C)COC(=O)[C@H](COCc2ccccc2)NC(=O)C/C=C/[C@H]1C. The highest BCUT2D eigenvalue weighted by Gasteiger charge is 2.23. The minimum absolute atomic E-state index is 0.0125. The summed E-state index contributed by atoms with van der Waals surface area (Å²) in [7, 11) is 1.55. The maximum Gasteiger partial charge on any atom is 0.331 e. The molecule has 4 atom stereocenters. The van der Waals surface area contributed by atoms with Crippen molar-refractivity contribution in [1.82, 2.24) is 5.32 Å². The molecule has 0 unspecified atom stereocenters. The van der Waals surface area contributed by atoms with Gasteiger partial charge in [-0.15, -0.1) is 0 Å². The molecule has 186 valence electrons. The van der Waals surface area contributed by atoms with Gasteiger partial charge in [0.2, 0.25) is 5.91 Å². The number of hydrogen-bond donors (Lipinski definition) is 1. The first-order chi connectivity index (χ1) is 16.4. The van der Waals surface area contributed by atoms with Crippen LogP contribution in [0.4, 0.5) is 0 Å². The van der Waals surface area contributed by atoms with Crippen molar-refractivity contribution >= 4 is 17.8 Å². The average molecular weight is 474 g/mol. The molecule has 34 heavy (non-hydrogen) atoms. The summed E-state index contributed by atoms with van der Waals surface area (Å²) in [6.45, 7) is 4.30. The third kappa shape index (κ3) is 10.3. The molecule has 1 aromatic rings. The van der Waals surface area contributed by atoms with E-state index in [2.05, 4.69) is 5.32 Å². The molecule has 0 aliphatic carbocycles. The Labute approximate surface area is 201 Å². The second-order valence-electron chi connectivity index (χ2n) is 8.31. The number of cyclic esters (lactones) is 2. The van der Waals surface area contributed by atoms with Gasteiger partial charge in [-0.25, -0.2) is 4.79 Å². The number of ether oxygens (including phenoxy) is 4. The number of hydrogen-bond acceptors (Lipinski definition) is 7. The lowest BCUT2D eigenvalue weighted by Crippen LogP contribution is -2.45. The van der Waals surface area contributed by atoms with Crippen molar-refractivity contribution in [3.05, 3.63) is 60.2 Å². The van der Waals surface area contributed by atoms with Crippen LogP contribution in [0.1, 0.15) is 32.3 Å². The normalized spacial score (nSPS) is 27.4. The molecule has 1 N–H and O–H groups in total. The second kappa shape index (κ2) is 15.0. The van der Waals surface area contributed by atoms with E-state index in [0.29, 0.717) is 6.61 Å². The summed E-state index contributed by atoms with van der Waals surface area (Å²) in [5.74, 6) is -1.47. The third-order valence-electron chi connectivity index (χ3n) is 5.29. The quantitative estimate of drug-likeness (QED) is 0.518. The summed E-state index contributed by atoms with van der Waals surface area (Å²) >= 11 is 0. The molecule has 0 radical (unpaired) electrons. The van der Waals surface area contributed by atoms with Gasteiger partial charge >= 0.3 is 11.9 Å². The molecule has 8 nitrogen and oxygen atoms in total. The average Bonchev–Trinajstić information content (AvgIpc) is 2.82. The number of benzene rings is 1. The molecular formula is C26H35NO7. The summed E-state index contributed by atoms with van der Waals surface area (Å²) < 4.78 is 21.8. The van der Waals surface area contributed by atoms with Gasteiger partial charge in [-0.05, 0) is 5.56 Å². The molecule has 0 saturated carbocycles. The van der Waals surface area contributed by atoms with E-state index in [4.69, 9.17) is 18.9 Å². The molecule has 0 saturated heterocycles. The number of carbonyl (C=O) groups excluding carboxylic acids is 3. The van der Waals surface area contributed by atoms with Gasteiger partial charge in [-0.1, -0.05) is 68.5 Å². The molecule has 0 aromatic heterocycles. The Kier molecular flexibility index (Phi) is 12.1. The van der Waals surface area contributed by atoms with Crippen molar-refractivity contribution in [3.8, 4) is 0 Å². The van der Waals surface area contributed by atoms with Crippen LogP contribution in [-0.4, -0.2) is 56.9 Å². The van der Waals surface area contributed by atoms with Crippen LogP contribution in [0.3, 0.4) is 0 Å². The van der Waals surface area contributed by atoms with Crippen LogP contribution in [0.25, 0.3) is 0 Å². The van der Waals surface area contributed by atoms with Crippen molar-refractivity contribution in [1.29, 1.82) is 0 Å². The number of methoxy groups -OCH3 is 1. The van der Waals surface area contributed by atoms with Crippen molar-refractivity contribution < 1.29 is 33.3 Å². The van der Waals surface area contributed by atoms with Crippen molar-refractivity contribution in [2.24, 2.45) is 11.8 Å². The second-order valence-corrected chi connectivity index (χ2v) is 8.31. The van der Waals surface area contributed by atoms with Crippen LogP contribution in [0, 0.1) is 11.8 Å². The van der Waals surface area contributed by atoms with Crippen LogP contribution in [0.2, 0.25) is 0 Å².